The predicted octanol–water partition coefficient (Wildman–Crippen LogP) is 4.58. The second kappa shape index (κ2) is 8.31. The first-order chi connectivity index (χ1) is 12.7. The molecule has 2 rings (SSSR count). The summed E-state index contributed by atoms with van der Waals surface area (Å²) in [5, 5.41) is 12.3. The topological polar surface area (TPSA) is 62.1 Å². The lowest BCUT2D eigenvalue weighted by atomic mass is 9.92. The maximum absolute atomic E-state index is 12.6. The van der Waals surface area contributed by atoms with Gasteiger partial charge < -0.3 is 10.1 Å². The molecule has 142 valence electrons. The highest BCUT2D eigenvalue weighted by atomic mass is 35.5. The van der Waals surface area contributed by atoms with Gasteiger partial charge in [-0.1, -0.05) is 35.9 Å². The van der Waals surface area contributed by atoms with Gasteiger partial charge in [0, 0.05) is 6.54 Å². The zero-order chi connectivity index (χ0) is 20.1. The highest BCUT2D eigenvalue weighted by Crippen LogP contribution is 2.29. The molecule has 0 aromatic heterocycles. The van der Waals surface area contributed by atoms with Crippen molar-refractivity contribution in [3.05, 3.63) is 64.7 Å². The van der Waals surface area contributed by atoms with Gasteiger partial charge in [0.2, 0.25) is 5.91 Å². The van der Waals surface area contributed by atoms with Crippen LogP contribution < -0.4 is 10.1 Å². The zero-order valence-corrected chi connectivity index (χ0v) is 15.1. The Bertz CT molecular complexity index is 847. The Morgan fingerprint density at radius 3 is 2.37 bits per heavy atom. The SMILES string of the molecule is CC(C#N)(COc1ccccc1Cl)C(=O)NCc1ccc(C(F)(F)F)cc1. The van der Waals surface area contributed by atoms with Crippen molar-refractivity contribution in [1.29, 1.82) is 5.26 Å². The third kappa shape index (κ3) is 5.38. The molecule has 0 aliphatic carbocycles. The van der Waals surface area contributed by atoms with Crippen molar-refractivity contribution in [2.24, 2.45) is 5.41 Å². The van der Waals surface area contributed by atoms with Crippen LogP contribution in [0.15, 0.2) is 48.5 Å². The first-order valence-corrected chi connectivity index (χ1v) is 8.26. The normalized spacial score (nSPS) is 13.3. The lowest BCUT2D eigenvalue weighted by Gasteiger charge is -2.21. The van der Waals surface area contributed by atoms with E-state index in [1.54, 1.807) is 24.3 Å². The first kappa shape index (κ1) is 20.6. The number of alkyl halides is 3. The van der Waals surface area contributed by atoms with Crippen LogP contribution >= 0.6 is 11.6 Å². The number of nitrogens with zero attached hydrogens (tertiary/aromatic N) is 1. The minimum Gasteiger partial charge on any atom is -0.490 e. The molecule has 0 aliphatic rings. The summed E-state index contributed by atoms with van der Waals surface area (Å²) in [6.07, 6.45) is -4.42. The van der Waals surface area contributed by atoms with Crippen molar-refractivity contribution in [3.63, 3.8) is 0 Å². The van der Waals surface area contributed by atoms with E-state index in [1.807, 2.05) is 6.07 Å². The van der Waals surface area contributed by atoms with Crippen molar-refractivity contribution in [2.75, 3.05) is 6.61 Å². The number of carbonyl (C=O) groups is 1. The Kier molecular flexibility index (Phi) is 6.34. The summed E-state index contributed by atoms with van der Waals surface area (Å²) in [6, 6.07) is 13.0. The minimum absolute atomic E-state index is 0.0136. The largest absolute Gasteiger partial charge is 0.490 e. The molecule has 0 spiro atoms. The average Bonchev–Trinajstić information content (AvgIpc) is 2.64. The van der Waals surface area contributed by atoms with Crippen LogP contribution in [0.1, 0.15) is 18.1 Å². The van der Waals surface area contributed by atoms with Gasteiger partial charge in [-0.05, 0) is 36.8 Å². The molecule has 0 aliphatic heterocycles. The molecule has 1 atom stereocenters. The lowest BCUT2D eigenvalue weighted by molar-refractivity contribution is -0.137. The van der Waals surface area contributed by atoms with Gasteiger partial charge in [-0.3, -0.25) is 4.79 Å². The average molecular weight is 397 g/mol. The highest BCUT2D eigenvalue weighted by Gasteiger charge is 2.35. The van der Waals surface area contributed by atoms with Gasteiger partial charge in [0.15, 0.2) is 5.41 Å². The summed E-state index contributed by atoms with van der Waals surface area (Å²) in [4.78, 5) is 12.4. The molecule has 4 nitrogen and oxygen atoms in total. The summed E-state index contributed by atoms with van der Waals surface area (Å²) < 4.78 is 43.2. The van der Waals surface area contributed by atoms with Crippen LogP contribution in [-0.4, -0.2) is 12.5 Å². The standard InChI is InChI=1S/C19H16ClF3N2O2/c1-18(11-24,12-27-16-5-3-2-4-15(16)20)17(26)25-10-13-6-8-14(9-7-13)19(21,22)23/h2-9H,10,12H2,1H3,(H,25,26). The first-order valence-electron chi connectivity index (χ1n) is 7.89. The number of hydrogen-bond donors (Lipinski definition) is 1. The highest BCUT2D eigenvalue weighted by molar-refractivity contribution is 6.32. The molecule has 0 saturated carbocycles. The molecule has 2 aromatic rings. The fourth-order valence-electron chi connectivity index (χ4n) is 2.12. The van der Waals surface area contributed by atoms with E-state index in [-0.39, 0.29) is 13.2 Å². The number of hydrogen-bond acceptors (Lipinski definition) is 3. The van der Waals surface area contributed by atoms with E-state index in [2.05, 4.69) is 5.32 Å². The maximum atomic E-state index is 12.6. The second-order valence-corrected chi connectivity index (χ2v) is 6.45. The number of halogens is 4. The molecule has 8 heteroatoms. The van der Waals surface area contributed by atoms with Gasteiger partial charge in [0.05, 0.1) is 16.7 Å². The van der Waals surface area contributed by atoms with E-state index in [0.717, 1.165) is 12.1 Å². The number of amides is 1. The van der Waals surface area contributed by atoms with Gasteiger partial charge in [0.25, 0.3) is 0 Å². The van der Waals surface area contributed by atoms with Gasteiger partial charge in [-0.15, -0.1) is 0 Å². The van der Waals surface area contributed by atoms with E-state index in [9.17, 15) is 23.2 Å². The third-order valence-electron chi connectivity index (χ3n) is 3.84. The summed E-state index contributed by atoms with van der Waals surface area (Å²) >= 11 is 5.97. The number of carbonyl (C=O) groups excluding carboxylic acids is 1. The number of nitrogens with one attached hydrogen (secondary N) is 1. The van der Waals surface area contributed by atoms with E-state index >= 15 is 0 Å². The smallest absolute Gasteiger partial charge is 0.416 e. The van der Waals surface area contributed by atoms with E-state index in [0.29, 0.717) is 16.3 Å². The van der Waals surface area contributed by atoms with E-state index < -0.39 is 23.1 Å². The van der Waals surface area contributed by atoms with Crippen molar-refractivity contribution in [2.45, 2.75) is 19.6 Å². The molecule has 1 unspecified atom stereocenters. The van der Waals surface area contributed by atoms with Crippen LogP contribution in [0, 0.1) is 16.7 Å². The molecule has 0 bridgehead atoms. The quantitative estimate of drug-likeness (QED) is 0.777. The van der Waals surface area contributed by atoms with Crippen molar-refractivity contribution in [1.82, 2.24) is 5.32 Å². The number of para-hydroxylation sites is 1. The molecule has 2 aromatic carbocycles. The van der Waals surface area contributed by atoms with Crippen molar-refractivity contribution < 1.29 is 22.7 Å². The molecule has 27 heavy (non-hydrogen) atoms. The van der Waals surface area contributed by atoms with Crippen LogP contribution in [0.25, 0.3) is 0 Å². The number of benzene rings is 2. The molecule has 0 fully saturated rings. The molecule has 0 heterocycles. The minimum atomic E-state index is -4.42. The second-order valence-electron chi connectivity index (χ2n) is 6.04. The van der Waals surface area contributed by atoms with Crippen molar-refractivity contribution >= 4 is 17.5 Å². The van der Waals surface area contributed by atoms with Gasteiger partial charge in [-0.2, -0.15) is 18.4 Å². The fourth-order valence-corrected chi connectivity index (χ4v) is 2.31. The monoisotopic (exact) mass is 396 g/mol. The van der Waals surface area contributed by atoms with Gasteiger partial charge in [-0.25, -0.2) is 0 Å². The summed E-state index contributed by atoms with van der Waals surface area (Å²) in [7, 11) is 0. The van der Waals surface area contributed by atoms with Crippen LogP contribution in [0.5, 0.6) is 5.75 Å². The number of nitriles is 1. The molecular formula is C19H16ClF3N2O2. The van der Waals surface area contributed by atoms with Crippen LogP contribution in [0.3, 0.4) is 0 Å². The lowest BCUT2D eigenvalue weighted by Crippen LogP contribution is -2.41. The Hall–Kier alpha value is -2.72. The van der Waals surface area contributed by atoms with Crippen molar-refractivity contribution in [3.8, 4) is 11.8 Å². The van der Waals surface area contributed by atoms with Gasteiger partial charge in [0.1, 0.15) is 12.4 Å². The van der Waals surface area contributed by atoms with Crippen LogP contribution in [0.4, 0.5) is 13.2 Å². The predicted molar refractivity (Wildman–Crippen MR) is 94.0 cm³/mol. The molecule has 0 radical (unpaired) electrons. The Labute approximate surface area is 159 Å². The number of ether oxygens (including phenoxy) is 1. The zero-order valence-electron chi connectivity index (χ0n) is 14.3. The molecule has 1 N–H and O–H groups in total. The summed E-state index contributed by atoms with van der Waals surface area (Å²) in [5.74, 6) is -0.256. The van der Waals surface area contributed by atoms with E-state index in [1.165, 1.54) is 19.1 Å². The summed E-state index contributed by atoms with van der Waals surface area (Å²) in [6.45, 7) is 1.17. The molecular weight excluding hydrogens is 381 g/mol. The Morgan fingerprint density at radius 2 is 1.81 bits per heavy atom. The number of rotatable bonds is 6. The Balaban J connectivity index is 1.98. The van der Waals surface area contributed by atoms with Crippen LogP contribution in [0.2, 0.25) is 5.02 Å². The molecule has 0 saturated heterocycles. The Morgan fingerprint density at radius 1 is 1.19 bits per heavy atom. The fraction of sp³-hybridized carbons (Fsp3) is 0.263. The molecule has 1 amide bonds. The van der Waals surface area contributed by atoms with Crippen LogP contribution in [-0.2, 0) is 17.5 Å². The third-order valence-corrected chi connectivity index (χ3v) is 4.15. The summed E-state index contributed by atoms with van der Waals surface area (Å²) in [5.41, 5.74) is -1.79. The van der Waals surface area contributed by atoms with Gasteiger partial charge >= 0.3 is 6.18 Å². The van der Waals surface area contributed by atoms with E-state index in [4.69, 9.17) is 16.3 Å². The maximum Gasteiger partial charge on any atom is 0.416 e.